The van der Waals surface area contributed by atoms with E-state index in [1.165, 1.54) is 18.5 Å². The van der Waals surface area contributed by atoms with E-state index in [4.69, 9.17) is 5.11 Å². The quantitative estimate of drug-likeness (QED) is 0.798. The summed E-state index contributed by atoms with van der Waals surface area (Å²) in [5.74, 6) is -1.09. The van der Waals surface area contributed by atoms with E-state index in [-0.39, 0.29) is 11.6 Å². The highest BCUT2D eigenvalue weighted by Crippen LogP contribution is 2.10. The second-order valence-corrected chi connectivity index (χ2v) is 4.17. The first kappa shape index (κ1) is 14.7. The van der Waals surface area contributed by atoms with Crippen molar-refractivity contribution >= 4 is 17.7 Å². The second-order valence-electron chi connectivity index (χ2n) is 4.17. The van der Waals surface area contributed by atoms with Crippen molar-refractivity contribution in [2.75, 3.05) is 18.4 Å². The van der Waals surface area contributed by atoms with Gasteiger partial charge in [0.1, 0.15) is 0 Å². The number of likely N-dealkylation sites (N-methyl/N-ethyl adjacent to an activating group) is 1. The van der Waals surface area contributed by atoms with E-state index in [9.17, 15) is 9.59 Å². The first-order chi connectivity index (χ1) is 8.93. The van der Waals surface area contributed by atoms with Crippen LogP contribution in [0.4, 0.5) is 10.5 Å². The van der Waals surface area contributed by atoms with Crippen LogP contribution in [0.25, 0.3) is 0 Å². The molecule has 19 heavy (non-hydrogen) atoms. The van der Waals surface area contributed by atoms with Gasteiger partial charge in [-0.25, -0.2) is 9.59 Å². The van der Waals surface area contributed by atoms with Crippen LogP contribution in [0.2, 0.25) is 0 Å². The molecule has 2 amide bonds. The van der Waals surface area contributed by atoms with Crippen molar-refractivity contribution in [1.29, 1.82) is 0 Å². The van der Waals surface area contributed by atoms with Crippen LogP contribution in [0.3, 0.4) is 0 Å². The fourth-order valence-electron chi connectivity index (χ4n) is 1.48. The maximum Gasteiger partial charge on any atom is 0.337 e. The Bertz CT molecular complexity index is 500. The normalized spacial score (nSPS) is 9.79. The summed E-state index contributed by atoms with van der Waals surface area (Å²) in [6.07, 6.45) is 2.63. The number of carbonyl (C=O) groups excluding carboxylic acids is 1. The molecule has 0 aliphatic heterocycles. The van der Waals surface area contributed by atoms with Gasteiger partial charge in [-0.05, 0) is 19.9 Å². The number of anilines is 1. The van der Waals surface area contributed by atoms with Crippen LogP contribution in [0, 0.1) is 0 Å². The molecule has 0 radical (unpaired) electrons. The number of aromatic nitrogens is 1. The maximum absolute atomic E-state index is 12.0. The summed E-state index contributed by atoms with van der Waals surface area (Å²) in [6, 6.07) is 1.05. The lowest BCUT2D eigenvalue weighted by molar-refractivity contribution is 0.0696. The molecule has 2 N–H and O–H groups in total. The van der Waals surface area contributed by atoms with Gasteiger partial charge in [-0.3, -0.25) is 4.98 Å². The van der Waals surface area contributed by atoms with Gasteiger partial charge in [0.05, 0.1) is 17.4 Å². The Morgan fingerprint density at radius 1 is 1.47 bits per heavy atom. The Kier molecular flexibility index (Phi) is 5.05. The second kappa shape index (κ2) is 6.53. The Morgan fingerprint density at radius 2 is 2.16 bits per heavy atom. The number of hydrogen-bond donors (Lipinski definition) is 2. The van der Waals surface area contributed by atoms with Gasteiger partial charge in [-0.1, -0.05) is 12.2 Å². The lowest BCUT2D eigenvalue weighted by Gasteiger charge is -2.21. The smallest absolute Gasteiger partial charge is 0.337 e. The molecule has 0 atom stereocenters. The highest BCUT2D eigenvalue weighted by Gasteiger charge is 2.12. The lowest BCUT2D eigenvalue weighted by Crippen LogP contribution is -2.35. The summed E-state index contributed by atoms with van der Waals surface area (Å²) in [4.78, 5) is 28.1. The highest BCUT2D eigenvalue weighted by atomic mass is 16.4. The summed E-state index contributed by atoms with van der Waals surface area (Å²) in [5, 5.41) is 11.5. The molecule has 1 rings (SSSR count). The van der Waals surface area contributed by atoms with E-state index in [2.05, 4.69) is 16.9 Å². The predicted octanol–water partition coefficient (Wildman–Crippen LogP) is 2.21. The number of carboxylic acids is 1. The van der Waals surface area contributed by atoms with Gasteiger partial charge >= 0.3 is 12.0 Å². The summed E-state index contributed by atoms with van der Waals surface area (Å²) < 4.78 is 0. The molecular formula is C13H17N3O3. The van der Waals surface area contributed by atoms with Crippen LogP contribution in [-0.2, 0) is 0 Å². The Balaban J connectivity index is 2.78. The minimum absolute atomic E-state index is 0.0285. The zero-order valence-corrected chi connectivity index (χ0v) is 11.0. The Morgan fingerprint density at radius 3 is 2.68 bits per heavy atom. The summed E-state index contributed by atoms with van der Waals surface area (Å²) in [5.41, 5.74) is 1.25. The molecule has 0 unspecified atom stereocenters. The van der Waals surface area contributed by atoms with Crippen molar-refractivity contribution in [2.45, 2.75) is 13.8 Å². The largest absolute Gasteiger partial charge is 0.478 e. The zero-order chi connectivity index (χ0) is 14.4. The minimum Gasteiger partial charge on any atom is -0.478 e. The summed E-state index contributed by atoms with van der Waals surface area (Å²) in [7, 11) is 0. The maximum atomic E-state index is 12.0. The monoisotopic (exact) mass is 263 g/mol. The molecule has 1 heterocycles. The number of rotatable bonds is 5. The fourth-order valence-corrected chi connectivity index (χ4v) is 1.48. The Labute approximate surface area is 111 Å². The van der Waals surface area contributed by atoms with Gasteiger partial charge in [0.25, 0.3) is 0 Å². The molecule has 102 valence electrons. The van der Waals surface area contributed by atoms with Crippen LogP contribution in [0.15, 0.2) is 30.6 Å². The molecule has 0 spiro atoms. The lowest BCUT2D eigenvalue weighted by atomic mass is 10.2. The molecule has 0 aromatic carbocycles. The van der Waals surface area contributed by atoms with Gasteiger partial charge in [0, 0.05) is 19.3 Å². The van der Waals surface area contributed by atoms with E-state index >= 15 is 0 Å². The molecule has 1 aromatic heterocycles. The third-order valence-corrected chi connectivity index (χ3v) is 2.37. The van der Waals surface area contributed by atoms with Crippen molar-refractivity contribution in [3.05, 3.63) is 36.2 Å². The highest BCUT2D eigenvalue weighted by molar-refractivity contribution is 5.92. The molecule has 6 heteroatoms. The number of amides is 2. The van der Waals surface area contributed by atoms with Crippen molar-refractivity contribution in [3.8, 4) is 0 Å². The minimum atomic E-state index is -1.09. The van der Waals surface area contributed by atoms with Crippen molar-refractivity contribution in [1.82, 2.24) is 9.88 Å². The molecular weight excluding hydrogens is 246 g/mol. The number of aromatic carboxylic acids is 1. The number of urea groups is 1. The molecule has 0 saturated carbocycles. The molecule has 0 fully saturated rings. The number of nitrogens with zero attached hydrogens (tertiary/aromatic N) is 2. The number of pyridine rings is 1. The number of carbonyl (C=O) groups is 2. The SMILES string of the molecule is C=C(C)CN(CC)C(=O)Nc1cncc(C(=O)O)c1. The Hall–Kier alpha value is -2.37. The van der Waals surface area contributed by atoms with Crippen LogP contribution < -0.4 is 5.32 Å². The van der Waals surface area contributed by atoms with Crippen LogP contribution in [-0.4, -0.2) is 40.1 Å². The van der Waals surface area contributed by atoms with Crippen molar-refractivity contribution in [3.63, 3.8) is 0 Å². The molecule has 6 nitrogen and oxygen atoms in total. The first-order valence-electron chi connectivity index (χ1n) is 5.82. The predicted molar refractivity (Wildman–Crippen MR) is 72.3 cm³/mol. The zero-order valence-electron chi connectivity index (χ0n) is 11.0. The van der Waals surface area contributed by atoms with Gasteiger partial charge < -0.3 is 15.3 Å². The number of carboxylic acid groups (broad SMARTS) is 1. The van der Waals surface area contributed by atoms with E-state index in [0.717, 1.165) is 5.57 Å². The number of nitrogens with one attached hydrogen (secondary N) is 1. The van der Waals surface area contributed by atoms with Gasteiger partial charge in [-0.15, -0.1) is 0 Å². The molecule has 1 aromatic rings. The van der Waals surface area contributed by atoms with Crippen LogP contribution in [0.1, 0.15) is 24.2 Å². The van der Waals surface area contributed by atoms with E-state index in [0.29, 0.717) is 18.8 Å². The average molecular weight is 263 g/mol. The van der Waals surface area contributed by atoms with Gasteiger partial charge in [0.2, 0.25) is 0 Å². The van der Waals surface area contributed by atoms with Gasteiger partial charge in [-0.2, -0.15) is 0 Å². The standard InChI is InChI=1S/C13H17N3O3/c1-4-16(8-9(2)3)13(19)15-11-5-10(12(17)18)6-14-7-11/h5-7H,2,4,8H2,1,3H3,(H,15,19)(H,17,18). The molecule has 0 aliphatic rings. The average Bonchev–Trinajstić information content (AvgIpc) is 2.35. The summed E-state index contributed by atoms with van der Waals surface area (Å²) in [6.45, 7) is 8.43. The van der Waals surface area contributed by atoms with E-state index in [1.807, 2.05) is 13.8 Å². The van der Waals surface area contributed by atoms with Crippen molar-refractivity contribution in [2.24, 2.45) is 0 Å². The molecule has 0 bridgehead atoms. The first-order valence-corrected chi connectivity index (χ1v) is 5.82. The third-order valence-electron chi connectivity index (χ3n) is 2.37. The van der Waals surface area contributed by atoms with Gasteiger partial charge in [0.15, 0.2) is 0 Å². The molecule has 0 saturated heterocycles. The summed E-state index contributed by atoms with van der Waals surface area (Å²) >= 11 is 0. The number of hydrogen-bond acceptors (Lipinski definition) is 3. The third kappa shape index (κ3) is 4.42. The van der Waals surface area contributed by atoms with Crippen LogP contribution in [0.5, 0.6) is 0 Å². The molecule has 0 aliphatic carbocycles. The van der Waals surface area contributed by atoms with E-state index in [1.54, 1.807) is 4.90 Å². The van der Waals surface area contributed by atoms with Crippen LogP contribution >= 0.6 is 0 Å². The van der Waals surface area contributed by atoms with Crippen molar-refractivity contribution < 1.29 is 14.7 Å². The van der Waals surface area contributed by atoms with E-state index < -0.39 is 5.97 Å². The fraction of sp³-hybridized carbons (Fsp3) is 0.308. The topological polar surface area (TPSA) is 82.5 Å².